The van der Waals surface area contributed by atoms with Crippen molar-refractivity contribution >= 4 is 0 Å². The quantitative estimate of drug-likeness (QED) is 0.884. The molecule has 3 nitrogen and oxygen atoms in total. The molecule has 1 aromatic heterocycles. The van der Waals surface area contributed by atoms with Crippen molar-refractivity contribution in [1.29, 1.82) is 0 Å². The fourth-order valence-corrected chi connectivity index (χ4v) is 2.18. The summed E-state index contributed by atoms with van der Waals surface area (Å²) < 4.78 is 0. The lowest BCUT2D eigenvalue weighted by atomic mass is 10.1. The molecule has 2 aromatic rings. The zero-order valence-electron chi connectivity index (χ0n) is 11.7. The Bertz CT molecular complexity index is 556. The van der Waals surface area contributed by atoms with Crippen LogP contribution in [0.1, 0.15) is 27.9 Å². The molecular formula is C16H20N2O. The fourth-order valence-electron chi connectivity index (χ4n) is 2.18. The van der Waals surface area contributed by atoms with Crippen LogP contribution in [0.25, 0.3) is 0 Å². The maximum Gasteiger partial charge on any atom is 0.121 e. The van der Waals surface area contributed by atoms with Crippen LogP contribution in [0.15, 0.2) is 30.5 Å². The van der Waals surface area contributed by atoms with E-state index in [1.54, 1.807) is 0 Å². The third-order valence-corrected chi connectivity index (χ3v) is 3.29. The molecule has 0 atom stereocenters. The van der Waals surface area contributed by atoms with Gasteiger partial charge in [-0.3, -0.25) is 4.98 Å². The number of phenolic OH excluding ortho intramolecular Hbond substituents is 1. The molecule has 0 unspecified atom stereocenters. The molecule has 0 aliphatic carbocycles. The van der Waals surface area contributed by atoms with Crippen LogP contribution in [0.3, 0.4) is 0 Å². The van der Waals surface area contributed by atoms with Crippen LogP contribution in [0, 0.1) is 20.8 Å². The van der Waals surface area contributed by atoms with E-state index >= 15 is 0 Å². The second-order valence-electron chi connectivity index (χ2n) is 4.95. The summed E-state index contributed by atoms with van der Waals surface area (Å²) >= 11 is 0. The van der Waals surface area contributed by atoms with E-state index in [1.807, 2.05) is 38.2 Å². The highest BCUT2D eigenvalue weighted by molar-refractivity contribution is 5.42. The number of nitrogens with one attached hydrogen (secondary N) is 1. The highest BCUT2D eigenvalue weighted by Crippen LogP contribution is 2.22. The largest absolute Gasteiger partial charge is 0.507 e. The van der Waals surface area contributed by atoms with Gasteiger partial charge in [0.25, 0.3) is 0 Å². The van der Waals surface area contributed by atoms with E-state index in [0.29, 0.717) is 5.75 Å². The van der Waals surface area contributed by atoms with E-state index in [1.165, 1.54) is 11.1 Å². The van der Waals surface area contributed by atoms with Crippen LogP contribution in [0.4, 0.5) is 0 Å². The zero-order valence-corrected chi connectivity index (χ0v) is 11.7. The van der Waals surface area contributed by atoms with Crippen molar-refractivity contribution in [1.82, 2.24) is 10.3 Å². The van der Waals surface area contributed by atoms with E-state index in [2.05, 4.69) is 23.3 Å². The van der Waals surface area contributed by atoms with Gasteiger partial charge in [0.15, 0.2) is 0 Å². The molecule has 0 aliphatic rings. The first-order valence-electron chi connectivity index (χ1n) is 6.48. The SMILES string of the molecule is Cc1cccnc1CNCc1cc(C)c(O)c(C)c1. The number of nitrogens with zero attached hydrogens (tertiary/aromatic N) is 1. The maximum atomic E-state index is 9.74. The Kier molecular flexibility index (Phi) is 4.17. The number of pyridine rings is 1. The molecule has 3 heteroatoms. The number of aromatic nitrogens is 1. The van der Waals surface area contributed by atoms with E-state index in [9.17, 15) is 5.11 Å². The second kappa shape index (κ2) is 5.85. The Morgan fingerprint density at radius 1 is 1.05 bits per heavy atom. The van der Waals surface area contributed by atoms with Gasteiger partial charge in [-0.15, -0.1) is 0 Å². The number of aromatic hydroxyl groups is 1. The van der Waals surface area contributed by atoms with Gasteiger partial charge in [0.1, 0.15) is 5.75 Å². The van der Waals surface area contributed by atoms with Crippen molar-refractivity contribution in [3.05, 3.63) is 58.4 Å². The summed E-state index contributed by atoms with van der Waals surface area (Å²) in [6.45, 7) is 7.45. The van der Waals surface area contributed by atoms with Gasteiger partial charge in [-0.05, 0) is 49.1 Å². The van der Waals surface area contributed by atoms with Crippen molar-refractivity contribution in [3.63, 3.8) is 0 Å². The standard InChI is InChI=1S/C16H20N2O/c1-11-5-4-6-18-15(11)10-17-9-14-7-12(2)16(19)13(3)8-14/h4-8,17,19H,9-10H2,1-3H3. The number of aryl methyl sites for hydroxylation is 3. The fraction of sp³-hybridized carbons (Fsp3) is 0.312. The monoisotopic (exact) mass is 256 g/mol. The molecule has 1 heterocycles. The van der Waals surface area contributed by atoms with Crippen molar-refractivity contribution < 1.29 is 5.11 Å². The molecule has 0 saturated heterocycles. The van der Waals surface area contributed by atoms with Gasteiger partial charge in [-0.25, -0.2) is 0 Å². The topological polar surface area (TPSA) is 45.2 Å². The first-order valence-corrected chi connectivity index (χ1v) is 6.48. The summed E-state index contributed by atoms with van der Waals surface area (Å²) in [4.78, 5) is 4.36. The molecule has 0 fully saturated rings. The molecule has 2 N–H and O–H groups in total. The number of phenols is 1. The average molecular weight is 256 g/mol. The third-order valence-electron chi connectivity index (χ3n) is 3.29. The third kappa shape index (κ3) is 3.32. The molecule has 0 spiro atoms. The smallest absolute Gasteiger partial charge is 0.121 e. The Labute approximate surface area is 114 Å². The van der Waals surface area contributed by atoms with Gasteiger partial charge < -0.3 is 10.4 Å². The molecule has 19 heavy (non-hydrogen) atoms. The van der Waals surface area contributed by atoms with Gasteiger partial charge >= 0.3 is 0 Å². The lowest BCUT2D eigenvalue weighted by Crippen LogP contribution is -2.14. The molecule has 0 saturated carbocycles. The first kappa shape index (κ1) is 13.6. The van der Waals surface area contributed by atoms with Crippen molar-refractivity contribution in [2.45, 2.75) is 33.9 Å². The Balaban J connectivity index is 1.98. The molecule has 0 amide bonds. The van der Waals surface area contributed by atoms with Crippen molar-refractivity contribution in [2.75, 3.05) is 0 Å². The number of hydrogen-bond donors (Lipinski definition) is 2. The Morgan fingerprint density at radius 2 is 1.74 bits per heavy atom. The summed E-state index contributed by atoms with van der Waals surface area (Å²) in [5.41, 5.74) is 5.31. The van der Waals surface area contributed by atoms with Crippen LogP contribution in [0.5, 0.6) is 5.75 Å². The summed E-state index contributed by atoms with van der Waals surface area (Å²) in [5.74, 6) is 0.393. The van der Waals surface area contributed by atoms with Gasteiger partial charge in [0.2, 0.25) is 0 Å². The number of rotatable bonds is 4. The van der Waals surface area contributed by atoms with E-state index in [4.69, 9.17) is 0 Å². The molecule has 0 bridgehead atoms. The Morgan fingerprint density at radius 3 is 2.37 bits per heavy atom. The summed E-state index contributed by atoms with van der Waals surface area (Å²) in [6.07, 6.45) is 1.82. The van der Waals surface area contributed by atoms with Gasteiger partial charge in [-0.1, -0.05) is 18.2 Å². The highest BCUT2D eigenvalue weighted by Gasteiger charge is 2.04. The minimum atomic E-state index is 0.393. The van der Waals surface area contributed by atoms with Crippen LogP contribution >= 0.6 is 0 Å². The van der Waals surface area contributed by atoms with E-state index in [-0.39, 0.29) is 0 Å². The van der Waals surface area contributed by atoms with Crippen LogP contribution in [-0.4, -0.2) is 10.1 Å². The minimum absolute atomic E-state index is 0.393. The van der Waals surface area contributed by atoms with Crippen molar-refractivity contribution in [2.24, 2.45) is 0 Å². The summed E-state index contributed by atoms with van der Waals surface area (Å²) in [7, 11) is 0. The van der Waals surface area contributed by atoms with Gasteiger partial charge in [0, 0.05) is 19.3 Å². The normalized spacial score (nSPS) is 10.7. The maximum absolute atomic E-state index is 9.74. The molecule has 2 rings (SSSR count). The lowest BCUT2D eigenvalue weighted by molar-refractivity contribution is 0.466. The highest BCUT2D eigenvalue weighted by atomic mass is 16.3. The summed E-state index contributed by atoms with van der Waals surface area (Å²) in [5, 5.41) is 13.1. The number of hydrogen-bond acceptors (Lipinski definition) is 3. The van der Waals surface area contributed by atoms with Gasteiger partial charge in [-0.2, -0.15) is 0 Å². The molecule has 1 aromatic carbocycles. The second-order valence-corrected chi connectivity index (χ2v) is 4.95. The Hall–Kier alpha value is -1.87. The summed E-state index contributed by atoms with van der Waals surface area (Å²) in [6, 6.07) is 8.05. The van der Waals surface area contributed by atoms with Crippen molar-refractivity contribution in [3.8, 4) is 5.75 Å². The first-order chi connectivity index (χ1) is 9.08. The minimum Gasteiger partial charge on any atom is -0.507 e. The number of benzene rings is 1. The lowest BCUT2D eigenvalue weighted by Gasteiger charge is -2.10. The molecule has 0 aliphatic heterocycles. The predicted octanol–water partition coefficient (Wildman–Crippen LogP) is 3.00. The van der Waals surface area contributed by atoms with Crippen LogP contribution in [-0.2, 0) is 13.1 Å². The molecule has 100 valence electrons. The zero-order chi connectivity index (χ0) is 13.8. The molecule has 0 radical (unpaired) electrons. The van der Waals surface area contributed by atoms with Crippen LogP contribution in [0.2, 0.25) is 0 Å². The average Bonchev–Trinajstić information content (AvgIpc) is 2.38. The van der Waals surface area contributed by atoms with Crippen LogP contribution < -0.4 is 5.32 Å². The molecular weight excluding hydrogens is 236 g/mol. The van der Waals surface area contributed by atoms with E-state index in [0.717, 1.165) is 29.9 Å². The van der Waals surface area contributed by atoms with E-state index < -0.39 is 0 Å². The van der Waals surface area contributed by atoms with Gasteiger partial charge in [0.05, 0.1) is 5.69 Å². The predicted molar refractivity (Wildman–Crippen MR) is 77.1 cm³/mol.